The smallest absolute Gasteiger partial charge is 0.293 e. The van der Waals surface area contributed by atoms with Crippen LogP contribution in [0.3, 0.4) is 0 Å². The highest BCUT2D eigenvalue weighted by Crippen LogP contribution is 2.40. The zero-order valence-electron chi connectivity index (χ0n) is 19.7. The molecule has 0 aliphatic carbocycles. The maximum absolute atomic E-state index is 12.9. The van der Waals surface area contributed by atoms with Crippen LogP contribution in [-0.4, -0.2) is 61.4 Å². The molecule has 36 heavy (non-hydrogen) atoms. The van der Waals surface area contributed by atoms with Gasteiger partial charge in [0.05, 0.1) is 31.8 Å². The van der Waals surface area contributed by atoms with Gasteiger partial charge in [-0.25, -0.2) is 0 Å². The van der Waals surface area contributed by atoms with Crippen molar-refractivity contribution in [3.8, 4) is 17.2 Å². The third-order valence-electron chi connectivity index (χ3n) is 5.47. The van der Waals surface area contributed by atoms with Crippen molar-refractivity contribution in [1.29, 1.82) is 0 Å². The number of benzene rings is 2. The maximum atomic E-state index is 12.9. The quantitative estimate of drug-likeness (QED) is 0.444. The number of nitrogens with one attached hydrogen (secondary N) is 2. The molecule has 0 bridgehead atoms. The fraction of sp³-hybridized carbons (Fsp3) is 0.200. The predicted molar refractivity (Wildman–Crippen MR) is 136 cm³/mol. The van der Waals surface area contributed by atoms with Gasteiger partial charge in [-0.2, -0.15) is 0 Å². The van der Waals surface area contributed by atoms with E-state index < -0.39 is 22.6 Å². The number of hydrogen-bond acceptors (Lipinski definition) is 8. The van der Waals surface area contributed by atoms with E-state index in [0.29, 0.717) is 33.7 Å². The van der Waals surface area contributed by atoms with Crippen molar-refractivity contribution in [2.75, 3.05) is 34.4 Å². The number of carbonyl (C=O) groups excluding carboxylic acids is 3. The van der Waals surface area contributed by atoms with Crippen molar-refractivity contribution in [3.63, 3.8) is 0 Å². The number of aromatic amines is 1. The van der Waals surface area contributed by atoms with Gasteiger partial charge in [0.1, 0.15) is 0 Å². The Morgan fingerprint density at radius 2 is 1.72 bits per heavy atom. The van der Waals surface area contributed by atoms with E-state index in [1.165, 1.54) is 27.4 Å². The van der Waals surface area contributed by atoms with E-state index in [-0.39, 0.29) is 23.6 Å². The highest BCUT2D eigenvalue weighted by molar-refractivity contribution is 8.18. The second kappa shape index (κ2) is 10.6. The van der Waals surface area contributed by atoms with Gasteiger partial charge in [0, 0.05) is 30.1 Å². The van der Waals surface area contributed by atoms with Gasteiger partial charge < -0.3 is 24.5 Å². The molecule has 2 N–H and O–H groups in total. The number of hydrogen-bond donors (Lipinski definition) is 2. The minimum absolute atomic E-state index is 0.0233. The summed E-state index contributed by atoms with van der Waals surface area (Å²) in [6, 6.07) is 11.5. The Bertz CT molecular complexity index is 1420. The summed E-state index contributed by atoms with van der Waals surface area (Å²) >= 11 is 0.800. The van der Waals surface area contributed by atoms with Gasteiger partial charge >= 0.3 is 0 Å². The number of nitrogens with zero attached hydrogens (tertiary/aromatic N) is 1. The monoisotopic (exact) mass is 509 g/mol. The Labute approximate surface area is 210 Å². The van der Waals surface area contributed by atoms with E-state index in [4.69, 9.17) is 14.2 Å². The lowest BCUT2D eigenvalue weighted by molar-refractivity contribution is -0.122. The number of H-pyrrole nitrogens is 1. The summed E-state index contributed by atoms with van der Waals surface area (Å²) in [4.78, 5) is 54.0. The minimum Gasteiger partial charge on any atom is -0.493 e. The van der Waals surface area contributed by atoms with Gasteiger partial charge in [-0.15, -0.1) is 0 Å². The van der Waals surface area contributed by atoms with Crippen LogP contribution in [0.15, 0.2) is 52.2 Å². The molecule has 1 saturated heterocycles. The molecule has 10 nitrogen and oxygen atoms in total. The maximum Gasteiger partial charge on any atom is 0.293 e. The summed E-state index contributed by atoms with van der Waals surface area (Å²) in [5, 5.41) is 2.82. The topological polar surface area (TPSA) is 127 Å². The van der Waals surface area contributed by atoms with E-state index >= 15 is 0 Å². The molecule has 3 amide bonds. The van der Waals surface area contributed by atoms with Crippen LogP contribution in [-0.2, 0) is 4.79 Å². The van der Waals surface area contributed by atoms with Gasteiger partial charge in [-0.1, -0.05) is 18.2 Å². The zero-order valence-corrected chi connectivity index (χ0v) is 20.6. The number of thioether (sulfide) groups is 1. The van der Waals surface area contributed by atoms with Crippen LogP contribution in [0.4, 0.5) is 4.79 Å². The SMILES string of the molecule is COc1cc(/C=C2\SC(=O)N(CCNC(=O)c3cc(=O)[nH]c4ccccc34)C2=O)cc(OC)c1OC. The molecule has 2 heterocycles. The van der Waals surface area contributed by atoms with Crippen LogP contribution in [0.25, 0.3) is 17.0 Å². The molecule has 0 spiro atoms. The molecule has 11 heteroatoms. The van der Waals surface area contributed by atoms with Crippen molar-refractivity contribution < 1.29 is 28.6 Å². The molecule has 3 aromatic rings. The lowest BCUT2D eigenvalue weighted by Gasteiger charge is -2.14. The summed E-state index contributed by atoms with van der Waals surface area (Å²) in [5.74, 6) is 0.288. The minimum atomic E-state index is -0.477. The molecule has 0 unspecified atom stereocenters. The van der Waals surface area contributed by atoms with Crippen molar-refractivity contribution in [1.82, 2.24) is 15.2 Å². The molecular weight excluding hydrogens is 486 g/mol. The van der Waals surface area contributed by atoms with E-state index in [2.05, 4.69) is 10.3 Å². The second-order valence-electron chi connectivity index (χ2n) is 7.64. The lowest BCUT2D eigenvalue weighted by Crippen LogP contribution is -2.37. The molecule has 2 aromatic carbocycles. The number of imide groups is 1. The average molecular weight is 510 g/mol. The Morgan fingerprint density at radius 3 is 2.39 bits per heavy atom. The first-order chi connectivity index (χ1) is 17.4. The van der Waals surface area contributed by atoms with Crippen LogP contribution < -0.4 is 25.1 Å². The predicted octanol–water partition coefficient (Wildman–Crippen LogP) is 3.02. The van der Waals surface area contributed by atoms with Crippen LogP contribution in [0.2, 0.25) is 0 Å². The summed E-state index contributed by atoms with van der Waals surface area (Å²) in [7, 11) is 4.46. The number of rotatable bonds is 8. The number of methoxy groups -OCH3 is 3. The first kappa shape index (κ1) is 24.9. The van der Waals surface area contributed by atoms with Crippen molar-refractivity contribution in [3.05, 3.63) is 68.9 Å². The van der Waals surface area contributed by atoms with Gasteiger partial charge in [0.15, 0.2) is 11.5 Å². The fourth-order valence-electron chi connectivity index (χ4n) is 3.80. The molecule has 186 valence electrons. The third kappa shape index (κ3) is 4.91. The van der Waals surface area contributed by atoms with Crippen molar-refractivity contribution in [2.45, 2.75) is 0 Å². The highest BCUT2D eigenvalue weighted by atomic mass is 32.2. The number of pyridine rings is 1. The molecule has 0 saturated carbocycles. The standard InChI is InChI=1S/C25H23N3O7S/c1-33-18-10-14(11-19(34-2)22(18)35-3)12-20-24(31)28(25(32)36-20)9-8-26-23(30)16-13-21(29)27-17-7-5-4-6-15(16)17/h4-7,10-13H,8-9H2,1-3H3,(H,26,30)(H,27,29)/b20-12-. The fourth-order valence-corrected chi connectivity index (χ4v) is 4.66. The van der Waals surface area contributed by atoms with Gasteiger partial charge in [0.25, 0.3) is 17.1 Å². The average Bonchev–Trinajstić information content (AvgIpc) is 3.14. The third-order valence-corrected chi connectivity index (χ3v) is 6.38. The van der Waals surface area contributed by atoms with E-state index in [1.54, 1.807) is 42.5 Å². The largest absolute Gasteiger partial charge is 0.493 e. The lowest BCUT2D eigenvalue weighted by atomic mass is 10.1. The summed E-state index contributed by atoms with van der Waals surface area (Å²) in [6.45, 7) is -0.000411. The first-order valence-electron chi connectivity index (χ1n) is 10.8. The first-order valence-corrected chi connectivity index (χ1v) is 11.6. The number of fused-ring (bicyclic) bond motifs is 1. The Hall–Kier alpha value is -4.25. The van der Waals surface area contributed by atoms with E-state index in [0.717, 1.165) is 16.7 Å². The van der Waals surface area contributed by atoms with Crippen LogP contribution in [0.1, 0.15) is 15.9 Å². The number of aromatic nitrogens is 1. The van der Waals surface area contributed by atoms with Crippen LogP contribution in [0, 0.1) is 0 Å². The van der Waals surface area contributed by atoms with Gasteiger partial charge in [-0.3, -0.25) is 24.1 Å². The summed E-state index contributed by atoms with van der Waals surface area (Å²) in [5.41, 5.74) is 0.940. The molecular formula is C25H23N3O7S. The molecule has 1 aliphatic heterocycles. The van der Waals surface area contributed by atoms with E-state index in [1.807, 2.05) is 0 Å². The normalized spacial score (nSPS) is 14.4. The van der Waals surface area contributed by atoms with Crippen molar-refractivity contribution >= 4 is 45.8 Å². The molecule has 0 atom stereocenters. The molecule has 0 radical (unpaired) electrons. The van der Waals surface area contributed by atoms with E-state index in [9.17, 15) is 19.2 Å². The Kier molecular flexibility index (Phi) is 7.30. The van der Waals surface area contributed by atoms with Crippen LogP contribution in [0.5, 0.6) is 17.2 Å². The van der Waals surface area contributed by atoms with Crippen LogP contribution >= 0.6 is 11.8 Å². The number of carbonyl (C=O) groups is 3. The molecule has 1 aliphatic rings. The number of ether oxygens (including phenoxy) is 3. The summed E-state index contributed by atoms with van der Waals surface area (Å²) < 4.78 is 16.0. The molecule has 4 rings (SSSR count). The Morgan fingerprint density at radius 1 is 1.03 bits per heavy atom. The molecule has 1 fully saturated rings. The second-order valence-corrected chi connectivity index (χ2v) is 8.63. The van der Waals surface area contributed by atoms with Crippen molar-refractivity contribution in [2.24, 2.45) is 0 Å². The highest BCUT2D eigenvalue weighted by Gasteiger charge is 2.35. The van der Waals surface area contributed by atoms with Gasteiger partial charge in [0.2, 0.25) is 11.3 Å². The number of para-hydroxylation sites is 1. The zero-order chi connectivity index (χ0) is 25.8. The van der Waals surface area contributed by atoms with Gasteiger partial charge in [-0.05, 0) is 41.6 Å². The number of amides is 3. The Balaban J connectivity index is 1.46. The summed E-state index contributed by atoms with van der Waals surface area (Å²) in [6.07, 6.45) is 1.57. The molecule has 1 aromatic heterocycles.